The van der Waals surface area contributed by atoms with Gasteiger partial charge in [-0.2, -0.15) is 0 Å². The van der Waals surface area contributed by atoms with Crippen molar-refractivity contribution >= 4 is 28.9 Å². The van der Waals surface area contributed by atoms with Crippen LogP contribution in [0.2, 0.25) is 0 Å². The van der Waals surface area contributed by atoms with Gasteiger partial charge in [0, 0.05) is 61.1 Å². The highest BCUT2D eigenvalue weighted by Crippen LogP contribution is 2.19. The molecule has 0 atom stereocenters. The molecule has 0 unspecified atom stereocenters. The first-order valence-electron chi connectivity index (χ1n) is 7.48. The number of carbonyl (C=O) groups excluding carboxylic acids is 1. The average Bonchev–Trinajstić information content (AvgIpc) is 2.49. The minimum atomic E-state index is -0.0239. The minimum absolute atomic E-state index is 0.0239. The summed E-state index contributed by atoms with van der Waals surface area (Å²) in [6.07, 6.45) is 4.42. The summed E-state index contributed by atoms with van der Waals surface area (Å²) in [4.78, 5) is 14.1. The molecule has 1 heterocycles. The van der Waals surface area contributed by atoms with E-state index in [1.807, 2.05) is 0 Å². The molecule has 2 aliphatic rings. The largest absolute Gasteiger partial charge is 0.379 e. The zero-order valence-corrected chi connectivity index (χ0v) is 14.0. The third-order valence-corrected chi connectivity index (χ3v) is 4.91. The third kappa shape index (κ3) is 5.71. The number of carbonyl (C=O) groups is 1. The quantitative estimate of drug-likeness (QED) is 0.477. The molecule has 1 saturated carbocycles. The van der Waals surface area contributed by atoms with Crippen molar-refractivity contribution in [2.24, 2.45) is 0 Å². The summed E-state index contributed by atoms with van der Waals surface area (Å²) in [6, 6.07) is 0.918. The number of amides is 2. The highest BCUT2D eigenvalue weighted by molar-refractivity contribution is 14.1. The smallest absolute Gasteiger partial charge is 0.315 e. The van der Waals surface area contributed by atoms with Crippen LogP contribution in [0.25, 0.3) is 0 Å². The molecule has 20 heavy (non-hydrogen) atoms. The molecule has 0 aromatic carbocycles. The van der Waals surface area contributed by atoms with Gasteiger partial charge in [0.25, 0.3) is 0 Å². The molecular formula is C13H25IN4O2. The van der Waals surface area contributed by atoms with Crippen LogP contribution in [0.4, 0.5) is 4.79 Å². The van der Waals surface area contributed by atoms with E-state index in [2.05, 4.69) is 41.9 Å². The maximum Gasteiger partial charge on any atom is 0.315 e. The summed E-state index contributed by atoms with van der Waals surface area (Å²) in [5, 5.41) is 6.03. The van der Waals surface area contributed by atoms with Crippen molar-refractivity contribution in [3.8, 4) is 0 Å². The number of ether oxygens (including phenoxy) is 1. The van der Waals surface area contributed by atoms with Gasteiger partial charge in [0.15, 0.2) is 0 Å². The Labute approximate surface area is 134 Å². The zero-order chi connectivity index (χ0) is 14.2. The number of morpholine rings is 1. The Bertz CT molecular complexity index is 292. The van der Waals surface area contributed by atoms with E-state index in [1.165, 1.54) is 0 Å². The molecule has 0 bridgehead atoms. The van der Waals surface area contributed by atoms with Crippen LogP contribution in [0, 0.1) is 0 Å². The van der Waals surface area contributed by atoms with E-state index < -0.39 is 0 Å². The lowest BCUT2D eigenvalue weighted by Crippen LogP contribution is -2.47. The van der Waals surface area contributed by atoms with Crippen molar-refractivity contribution < 1.29 is 9.53 Å². The van der Waals surface area contributed by atoms with Crippen molar-refractivity contribution in [3.63, 3.8) is 0 Å². The van der Waals surface area contributed by atoms with Crippen molar-refractivity contribution in [3.05, 3.63) is 0 Å². The molecule has 1 aliphatic carbocycles. The Hall–Kier alpha value is -0.120. The number of urea groups is 1. The normalized spacial score (nSPS) is 28.1. The topological polar surface area (TPSA) is 65.6 Å². The Kier molecular flexibility index (Phi) is 7.32. The Morgan fingerprint density at radius 2 is 1.80 bits per heavy atom. The van der Waals surface area contributed by atoms with E-state index in [9.17, 15) is 4.79 Å². The van der Waals surface area contributed by atoms with Crippen LogP contribution in [-0.2, 0) is 4.74 Å². The first-order valence-corrected chi connectivity index (χ1v) is 8.56. The van der Waals surface area contributed by atoms with Crippen LogP contribution in [0.15, 0.2) is 0 Å². The molecule has 3 N–H and O–H groups in total. The van der Waals surface area contributed by atoms with Gasteiger partial charge in [0.1, 0.15) is 0 Å². The molecule has 2 rings (SSSR count). The predicted molar refractivity (Wildman–Crippen MR) is 87.0 cm³/mol. The summed E-state index contributed by atoms with van der Waals surface area (Å²) in [5.41, 5.74) is 0. The van der Waals surface area contributed by atoms with Crippen LogP contribution < -0.4 is 14.2 Å². The number of nitrogens with zero attached hydrogens (tertiary/aromatic N) is 1. The number of rotatable bonds is 5. The lowest BCUT2D eigenvalue weighted by Gasteiger charge is -2.29. The van der Waals surface area contributed by atoms with Gasteiger partial charge >= 0.3 is 6.03 Å². The van der Waals surface area contributed by atoms with Gasteiger partial charge in [-0.15, -0.1) is 0 Å². The second kappa shape index (κ2) is 9.01. The summed E-state index contributed by atoms with van der Waals surface area (Å²) in [5.74, 6) is 0. The Morgan fingerprint density at radius 3 is 2.45 bits per heavy atom. The summed E-state index contributed by atoms with van der Waals surface area (Å²) in [7, 11) is 0. The number of hydrogen-bond acceptors (Lipinski definition) is 4. The van der Waals surface area contributed by atoms with Crippen LogP contribution in [0.3, 0.4) is 0 Å². The third-order valence-electron chi connectivity index (χ3n) is 4.03. The molecule has 0 aromatic heterocycles. The second-order valence-corrected chi connectivity index (χ2v) is 6.13. The lowest BCUT2D eigenvalue weighted by atomic mass is 9.92. The first-order chi connectivity index (χ1) is 9.78. The fourth-order valence-electron chi connectivity index (χ4n) is 2.74. The van der Waals surface area contributed by atoms with Gasteiger partial charge in [-0.1, -0.05) is 0 Å². The minimum Gasteiger partial charge on any atom is -0.379 e. The molecule has 2 fully saturated rings. The highest BCUT2D eigenvalue weighted by atomic mass is 127. The fourth-order valence-corrected chi connectivity index (χ4v) is 3.36. The molecule has 0 spiro atoms. The zero-order valence-electron chi connectivity index (χ0n) is 11.9. The highest BCUT2D eigenvalue weighted by Gasteiger charge is 2.21. The van der Waals surface area contributed by atoms with E-state index in [-0.39, 0.29) is 6.03 Å². The molecular weight excluding hydrogens is 371 g/mol. The van der Waals surface area contributed by atoms with E-state index in [0.29, 0.717) is 18.6 Å². The molecule has 7 heteroatoms. The van der Waals surface area contributed by atoms with Crippen LogP contribution in [0.1, 0.15) is 25.7 Å². The van der Waals surface area contributed by atoms with Crippen molar-refractivity contribution in [1.29, 1.82) is 0 Å². The van der Waals surface area contributed by atoms with Gasteiger partial charge < -0.3 is 15.4 Å². The lowest BCUT2D eigenvalue weighted by molar-refractivity contribution is 0.0387. The molecule has 1 saturated heterocycles. The maximum absolute atomic E-state index is 11.8. The van der Waals surface area contributed by atoms with E-state index >= 15 is 0 Å². The van der Waals surface area contributed by atoms with E-state index in [0.717, 1.165) is 58.5 Å². The number of hydrogen-bond donors (Lipinski definition) is 3. The molecule has 6 nitrogen and oxygen atoms in total. The summed E-state index contributed by atoms with van der Waals surface area (Å²) < 4.78 is 8.57. The molecule has 0 aromatic rings. The summed E-state index contributed by atoms with van der Waals surface area (Å²) in [6.45, 7) is 5.16. The predicted octanol–water partition coefficient (Wildman–Crippen LogP) is 0.869. The van der Waals surface area contributed by atoms with Crippen LogP contribution >= 0.6 is 22.9 Å². The van der Waals surface area contributed by atoms with Gasteiger partial charge in [0.05, 0.1) is 13.2 Å². The molecule has 116 valence electrons. The summed E-state index contributed by atoms with van der Waals surface area (Å²) >= 11 is 2.22. The Morgan fingerprint density at radius 1 is 1.15 bits per heavy atom. The van der Waals surface area contributed by atoms with Gasteiger partial charge in [-0.05, 0) is 25.7 Å². The standard InChI is InChI=1S/C13H25IN4O2/c14-17-12-3-1-11(2-4-12)16-13(19)15-5-6-18-7-9-20-10-8-18/h11-12,17H,1-10H2,(H2,15,16,19). The van der Waals surface area contributed by atoms with E-state index in [1.54, 1.807) is 0 Å². The van der Waals surface area contributed by atoms with Crippen molar-refractivity contribution in [2.45, 2.75) is 37.8 Å². The Balaban J connectivity index is 1.54. The van der Waals surface area contributed by atoms with Gasteiger partial charge in [0.2, 0.25) is 0 Å². The number of halogens is 1. The maximum atomic E-state index is 11.8. The molecule has 2 amide bonds. The second-order valence-electron chi connectivity index (χ2n) is 5.51. The van der Waals surface area contributed by atoms with Gasteiger partial charge in [-0.3, -0.25) is 8.43 Å². The SMILES string of the molecule is O=C(NCCN1CCOCC1)NC1CCC(NI)CC1. The van der Waals surface area contributed by atoms with Crippen molar-refractivity contribution in [2.75, 3.05) is 39.4 Å². The van der Waals surface area contributed by atoms with Crippen LogP contribution in [0.5, 0.6) is 0 Å². The molecule has 0 radical (unpaired) electrons. The van der Waals surface area contributed by atoms with Crippen molar-refractivity contribution in [1.82, 2.24) is 19.1 Å². The average molecular weight is 396 g/mol. The molecule has 1 aliphatic heterocycles. The fraction of sp³-hybridized carbons (Fsp3) is 0.923. The van der Waals surface area contributed by atoms with E-state index in [4.69, 9.17) is 4.74 Å². The van der Waals surface area contributed by atoms with Crippen LogP contribution in [-0.4, -0.2) is 62.4 Å². The first kappa shape index (κ1) is 16.3. The monoisotopic (exact) mass is 396 g/mol. The van der Waals surface area contributed by atoms with Gasteiger partial charge in [-0.25, -0.2) is 4.79 Å². The number of nitrogens with one attached hydrogen (secondary N) is 3.